The van der Waals surface area contributed by atoms with Crippen LogP contribution in [0.5, 0.6) is 0 Å². The van der Waals surface area contributed by atoms with E-state index in [0.717, 1.165) is 22.0 Å². The van der Waals surface area contributed by atoms with E-state index < -0.39 is 5.97 Å². The minimum absolute atomic E-state index is 0.323. The number of ether oxygens (including phenoxy) is 1. The van der Waals surface area contributed by atoms with Gasteiger partial charge in [-0.2, -0.15) is 0 Å². The van der Waals surface area contributed by atoms with E-state index in [1.54, 1.807) is 6.92 Å². The van der Waals surface area contributed by atoms with E-state index in [4.69, 9.17) is 10.5 Å². The molecule has 0 spiro atoms. The van der Waals surface area contributed by atoms with E-state index in [1.165, 1.54) is 6.20 Å². The Hall–Kier alpha value is -2.10. The third kappa shape index (κ3) is 1.90. The Balaban J connectivity index is 2.71. The molecular weight excluding hydrogens is 228 g/mol. The number of esters is 1. The van der Waals surface area contributed by atoms with Crippen LogP contribution in [-0.2, 0) is 4.74 Å². The number of nitrogen functional groups attached to an aromatic ring is 1. The molecule has 0 aliphatic rings. The Bertz CT molecular complexity index is 621. The van der Waals surface area contributed by atoms with Crippen molar-refractivity contribution in [3.8, 4) is 0 Å². The van der Waals surface area contributed by atoms with Crippen molar-refractivity contribution < 1.29 is 9.53 Å². The first kappa shape index (κ1) is 12.4. The Morgan fingerprint density at radius 3 is 2.67 bits per heavy atom. The normalized spacial score (nSPS) is 10.6. The standard InChI is InChI=1S/C14H16N2O2/c1-4-18-14(17)10-7-16-13-9(3)6-5-8(2)11(13)12(10)15/h5-7H,4H2,1-3H3,(H2,15,16). The van der Waals surface area contributed by atoms with Gasteiger partial charge in [0.15, 0.2) is 0 Å². The highest BCUT2D eigenvalue weighted by Crippen LogP contribution is 2.28. The van der Waals surface area contributed by atoms with E-state index in [2.05, 4.69) is 4.98 Å². The Morgan fingerprint density at radius 1 is 1.33 bits per heavy atom. The number of aromatic nitrogens is 1. The van der Waals surface area contributed by atoms with E-state index >= 15 is 0 Å². The van der Waals surface area contributed by atoms with Crippen LogP contribution in [0.4, 0.5) is 5.69 Å². The minimum atomic E-state index is -0.426. The third-order valence-electron chi connectivity index (χ3n) is 2.97. The number of benzene rings is 1. The first-order valence-corrected chi connectivity index (χ1v) is 5.87. The lowest BCUT2D eigenvalue weighted by Gasteiger charge is -2.11. The second kappa shape index (κ2) is 4.64. The number of hydrogen-bond donors (Lipinski definition) is 1. The zero-order chi connectivity index (χ0) is 13.3. The summed E-state index contributed by atoms with van der Waals surface area (Å²) in [5, 5.41) is 0.834. The van der Waals surface area contributed by atoms with Gasteiger partial charge < -0.3 is 10.5 Å². The summed E-state index contributed by atoms with van der Waals surface area (Å²) in [6.07, 6.45) is 1.49. The molecule has 0 radical (unpaired) electrons. The molecule has 4 nitrogen and oxygen atoms in total. The van der Waals surface area contributed by atoms with E-state index in [9.17, 15) is 4.79 Å². The van der Waals surface area contributed by atoms with Crippen molar-refractivity contribution in [1.82, 2.24) is 4.98 Å². The largest absolute Gasteiger partial charge is 0.462 e. The molecule has 0 bridgehead atoms. The zero-order valence-corrected chi connectivity index (χ0v) is 10.8. The van der Waals surface area contributed by atoms with Gasteiger partial charge in [0.25, 0.3) is 0 Å². The van der Waals surface area contributed by atoms with Crippen LogP contribution in [0.3, 0.4) is 0 Å². The molecule has 1 aromatic carbocycles. The predicted octanol–water partition coefficient (Wildman–Crippen LogP) is 2.61. The summed E-state index contributed by atoms with van der Waals surface area (Å²) < 4.78 is 4.97. The van der Waals surface area contributed by atoms with Crippen LogP contribution in [0.2, 0.25) is 0 Å². The molecule has 0 amide bonds. The topological polar surface area (TPSA) is 65.2 Å². The molecule has 2 aromatic rings. The lowest BCUT2D eigenvalue weighted by Crippen LogP contribution is -2.09. The highest BCUT2D eigenvalue weighted by atomic mass is 16.5. The van der Waals surface area contributed by atoms with Crippen LogP contribution in [0, 0.1) is 13.8 Å². The molecule has 0 fully saturated rings. The number of aryl methyl sites for hydroxylation is 2. The number of anilines is 1. The maximum absolute atomic E-state index is 11.8. The maximum atomic E-state index is 11.8. The molecule has 0 saturated heterocycles. The van der Waals surface area contributed by atoms with Crippen LogP contribution in [0.15, 0.2) is 18.3 Å². The van der Waals surface area contributed by atoms with Gasteiger partial charge in [-0.1, -0.05) is 12.1 Å². The van der Waals surface area contributed by atoms with Gasteiger partial charge >= 0.3 is 5.97 Å². The molecule has 0 aliphatic heterocycles. The van der Waals surface area contributed by atoms with Crippen molar-refractivity contribution >= 4 is 22.6 Å². The molecule has 94 valence electrons. The van der Waals surface area contributed by atoms with Crippen LogP contribution < -0.4 is 5.73 Å². The molecular formula is C14H16N2O2. The molecule has 0 aliphatic carbocycles. The van der Waals surface area contributed by atoms with Crippen LogP contribution in [0.25, 0.3) is 10.9 Å². The maximum Gasteiger partial charge on any atom is 0.341 e. The van der Waals surface area contributed by atoms with Crippen molar-refractivity contribution in [1.29, 1.82) is 0 Å². The van der Waals surface area contributed by atoms with Crippen molar-refractivity contribution in [2.24, 2.45) is 0 Å². The second-order valence-electron chi connectivity index (χ2n) is 4.23. The fraction of sp³-hybridized carbons (Fsp3) is 0.286. The van der Waals surface area contributed by atoms with Crippen LogP contribution in [0.1, 0.15) is 28.4 Å². The second-order valence-corrected chi connectivity index (χ2v) is 4.23. The number of nitrogens with zero attached hydrogens (tertiary/aromatic N) is 1. The molecule has 18 heavy (non-hydrogen) atoms. The average Bonchev–Trinajstić information content (AvgIpc) is 2.34. The summed E-state index contributed by atoms with van der Waals surface area (Å²) in [5.41, 5.74) is 9.73. The van der Waals surface area contributed by atoms with Crippen molar-refractivity contribution in [2.75, 3.05) is 12.3 Å². The van der Waals surface area contributed by atoms with Crippen LogP contribution in [-0.4, -0.2) is 17.6 Å². The van der Waals surface area contributed by atoms with E-state index in [0.29, 0.717) is 17.9 Å². The van der Waals surface area contributed by atoms with Crippen molar-refractivity contribution in [3.05, 3.63) is 35.0 Å². The number of pyridine rings is 1. The summed E-state index contributed by atoms with van der Waals surface area (Å²) in [4.78, 5) is 16.1. The van der Waals surface area contributed by atoms with Gasteiger partial charge in [0.2, 0.25) is 0 Å². The van der Waals surface area contributed by atoms with Gasteiger partial charge in [0.1, 0.15) is 5.56 Å². The fourth-order valence-electron chi connectivity index (χ4n) is 2.01. The lowest BCUT2D eigenvalue weighted by atomic mass is 10.0. The van der Waals surface area contributed by atoms with Gasteiger partial charge in [-0.3, -0.25) is 4.98 Å². The van der Waals surface area contributed by atoms with Gasteiger partial charge in [0.05, 0.1) is 17.8 Å². The average molecular weight is 244 g/mol. The molecule has 0 atom stereocenters. The van der Waals surface area contributed by atoms with Gasteiger partial charge in [-0.25, -0.2) is 4.79 Å². The number of hydrogen-bond acceptors (Lipinski definition) is 4. The van der Waals surface area contributed by atoms with E-state index in [1.807, 2.05) is 26.0 Å². The molecule has 2 rings (SSSR count). The Kier molecular flexibility index (Phi) is 3.19. The SMILES string of the molecule is CCOC(=O)c1cnc2c(C)ccc(C)c2c1N. The number of carbonyl (C=O) groups is 1. The summed E-state index contributed by atoms with van der Waals surface area (Å²) in [6.45, 7) is 6.01. The van der Waals surface area contributed by atoms with Gasteiger partial charge in [-0.15, -0.1) is 0 Å². The Morgan fingerprint density at radius 2 is 2.00 bits per heavy atom. The summed E-state index contributed by atoms with van der Waals surface area (Å²) >= 11 is 0. The predicted molar refractivity (Wildman–Crippen MR) is 71.6 cm³/mol. The molecule has 2 N–H and O–H groups in total. The van der Waals surface area contributed by atoms with Gasteiger partial charge in [0, 0.05) is 11.6 Å². The lowest BCUT2D eigenvalue weighted by molar-refractivity contribution is 0.0527. The smallest absolute Gasteiger partial charge is 0.341 e. The highest BCUT2D eigenvalue weighted by molar-refractivity contribution is 6.05. The number of nitrogens with two attached hydrogens (primary N) is 1. The summed E-state index contributed by atoms with van der Waals surface area (Å²) in [7, 11) is 0. The minimum Gasteiger partial charge on any atom is -0.462 e. The number of fused-ring (bicyclic) bond motifs is 1. The molecule has 0 unspecified atom stereocenters. The highest BCUT2D eigenvalue weighted by Gasteiger charge is 2.16. The molecule has 1 heterocycles. The summed E-state index contributed by atoms with van der Waals surface area (Å²) in [5.74, 6) is -0.426. The van der Waals surface area contributed by atoms with Gasteiger partial charge in [-0.05, 0) is 31.9 Å². The summed E-state index contributed by atoms with van der Waals surface area (Å²) in [6, 6.07) is 3.97. The van der Waals surface area contributed by atoms with Crippen molar-refractivity contribution in [3.63, 3.8) is 0 Å². The number of carbonyl (C=O) groups excluding carboxylic acids is 1. The van der Waals surface area contributed by atoms with Crippen LogP contribution >= 0.6 is 0 Å². The number of rotatable bonds is 2. The fourth-order valence-corrected chi connectivity index (χ4v) is 2.01. The zero-order valence-electron chi connectivity index (χ0n) is 10.8. The third-order valence-corrected chi connectivity index (χ3v) is 2.97. The van der Waals surface area contributed by atoms with E-state index in [-0.39, 0.29) is 0 Å². The first-order chi connectivity index (χ1) is 8.56. The monoisotopic (exact) mass is 244 g/mol. The quantitative estimate of drug-likeness (QED) is 0.825. The molecule has 1 aromatic heterocycles. The Labute approximate surface area is 106 Å². The molecule has 0 saturated carbocycles. The first-order valence-electron chi connectivity index (χ1n) is 5.87. The molecule has 4 heteroatoms. The van der Waals surface area contributed by atoms with Crippen molar-refractivity contribution in [2.45, 2.75) is 20.8 Å².